The zero-order valence-corrected chi connectivity index (χ0v) is 19.4. The highest BCUT2D eigenvalue weighted by molar-refractivity contribution is 6.25. The molecule has 1 heterocycles. The molecule has 0 N–H and O–H groups in total. The zero-order valence-electron chi connectivity index (χ0n) is 19.4. The van der Waals surface area contributed by atoms with E-state index in [-0.39, 0.29) is 24.3 Å². The van der Waals surface area contributed by atoms with E-state index in [2.05, 4.69) is 0 Å². The second kappa shape index (κ2) is 8.70. The van der Waals surface area contributed by atoms with E-state index < -0.39 is 5.41 Å². The van der Waals surface area contributed by atoms with E-state index in [0.29, 0.717) is 35.2 Å². The molecule has 0 radical (unpaired) electrons. The van der Waals surface area contributed by atoms with Gasteiger partial charge < -0.3 is 9.64 Å². The molecule has 0 spiro atoms. The van der Waals surface area contributed by atoms with Crippen LogP contribution in [0.1, 0.15) is 47.9 Å². The van der Waals surface area contributed by atoms with E-state index in [0.717, 1.165) is 11.1 Å². The lowest BCUT2D eigenvalue weighted by Gasteiger charge is -2.31. The summed E-state index contributed by atoms with van der Waals surface area (Å²) >= 11 is 0. The van der Waals surface area contributed by atoms with Crippen LogP contribution in [0.3, 0.4) is 0 Å². The first-order valence-corrected chi connectivity index (χ1v) is 11.1. The number of hydrogen-bond acceptors (Lipinski definition) is 4. The van der Waals surface area contributed by atoms with Crippen molar-refractivity contribution in [1.82, 2.24) is 4.90 Å². The lowest BCUT2D eigenvalue weighted by molar-refractivity contribution is -0.125. The Balaban J connectivity index is 1.56. The Morgan fingerprint density at radius 2 is 1.55 bits per heavy atom. The average molecular weight is 445 g/mol. The summed E-state index contributed by atoms with van der Waals surface area (Å²) in [6.45, 7) is 6.21. The van der Waals surface area contributed by atoms with Gasteiger partial charge in [0.15, 0.2) is 0 Å². The number of amides is 3. The number of imide groups is 1. The van der Waals surface area contributed by atoms with Crippen molar-refractivity contribution in [2.24, 2.45) is 5.41 Å². The van der Waals surface area contributed by atoms with Crippen molar-refractivity contribution in [1.29, 1.82) is 0 Å². The van der Waals surface area contributed by atoms with Crippen LogP contribution in [0.5, 0.6) is 5.75 Å². The maximum absolute atomic E-state index is 13.2. The fourth-order valence-electron chi connectivity index (χ4n) is 4.20. The molecule has 3 amide bonds. The molecule has 1 aliphatic heterocycles. The van der Waals surface area contributed by atoms with Crippen molar-refractivity contribution >= 4 is 34.2 Å². The largest absolute Gasteiger partial charge is 0.497 e. The van der Waals surface area contributed by atoms with Gasteiger partial charge in [0.1, 0.15) is 5.75 Å². The molecule has 0 aromatic heterocycles. The maximum atomic E-state index is 13.2. The van der Waals surface area contributed by atoms with Gasteiger partial charge in [-0.05, 0) is 36.1 Å². The molecule has 3 aromatic rings. The zero-order chi connectivity index (χ0) is 23.8. The van der Waals surface area contributed by atoms with Gasteiger partial charge in [-0.25, -0.2) is 0 Å². The number of carbonyl (C=O) groups excluding carboxylic acids is 3. The van der Waals surface area contributed by atoms with E-state index in [4.69, 9.17) is 4.74 Å². The Hall–Kier alpha value is -3.67. The SMILES string of the molecule is COc1cccc(N(CCCN2C(=O)c3cccc4cccc(c34)C2=O)C(=O)C(C)(C)C)c1. The van der Waals surface area contributed by atoms with Crippen LogP contribution in [-0.4, -0.2) is 42.8 Å². The lowest BCUT2D eigenvalue weighted by Crippen LogP contribution is -2.44. The van der Waals surface area contributed by atoms with Gasteiger partial charge >= 0.3 is 0 Å². The summed E-state index contributed by atoms with van der Waals surface area (Å²) in [6.07, 6.45) is 0.453. The highest BCUT2D eigenvalue weighted by Crippen LogP contribution is 2.31. The van der Waals surface area contributed by atoms with E-state index in [9.17, 15) is 14.4 Å². The predicted octanol–water partition coefficient (Wildman–Crippen LogP) is 4.91. The molecule has 170 valence electrons. The smallest absolute Gasteiger partial charge is 0.261 e. The van der Waals surface area contributed by atoms with Crippen LogP contribution < -0.4 is 9.64 Å². The first-order valence-electron chi connectivity index (χ1n) is 11.1. The summed E-state index contributed by atoms with van der Waals surface area (Å²) in [5, 5.41) is 1.60. The third-order valence-corrected chi connectivity index (χ3v) is 5.87. The summed E-state index contributed by atoms with van der Waals surface area (Å²) in [4.78, 5) is 42.5. The van der Waals surface area contributed by atoms with Gasteiger partial charge in [-0.1, -0.05) is 51.1 Å². The van der Waals surface area contributed by atoms with Crippen LogP contribution in [0.2, 0.25) is 0 Å². The van der Waals surface area contributed by atoms with E-state index in [1.807, 2.05) is 69.3 Å². The number of nitrogens with zero attached hydrogens (tertiary/aromatic N) is 2. The molecule has 1 aliphatic rings. The van der Waals surface area contributed by atoms with Gasteiger partial charge in [0, 0.05) is 46.8 Å². The fraction of sp³-hybridized carbons (Fsp3) is 0.296. The molecule has 0 atom stereocenters. The summed E-state index contributed by atoms with van der Waals surface area (Å²) in [7, 11) is 1.58. The minimum atomic E-state index is -0.589. The van der Waals surface area contributed by atoms with Gasteiger partial charge in [0.25, 0.3) is 11.8 Å². The summed E-state index contributed by atoms with van der Waals surface area (Å²) in [5.74, 6) is 0.0335. The number of methoxy groups -OCH3 is 1. The van der Waals surface area contributed by atoms with Gasteiger partial charge in [0.2, 0.25) is 5.91 Å². The van der Waals surface area contributed by atoms with Crippen molar-refractivity contribution in [3.8, 4) is 5.75 Å². The van der Waals surface area contributed by atoms with E-state index in [1.165, 1.54) is 4.90 Å². The Morgan fingerprint density at radius 3 is 2.12 bits per heavy atom. The topological polar surface area (TPSA) is 66.9 Å². The first kappa shape index (κ1) is 22.5. The molecule has 0 saturated heterocycles. The number of hydrogen-bond donors (Lipinski definition) is 0. The Labute approximate surface area is 193 Å². The molecule has 0 saturated carbocycles. The van der Waals surface area contributed by atoms with Crippen LogP contribution in [0.25, 0.3) is 10.8 Å². The average Bonchev–Trinajstić information content (AvgIpc) is 2.81. The van der Waals surface area contributed by atoms with Gasteiger partial charge in [-0.15, -0.1) is 0 Å². The fourth-order valence-corrected chi connectivity index (χ4v) is 4.20. The third kappa shape index (κ3) is 4.21. The molecule has 0 unspecified atom stereocenters. The predicted molar refractivity (Wildman–Crippen MR) is 129 cm³/mol. The summed E-state index contributed by atoms with van der Waals surface area (Å²) in [6, 6.07) is 18.3. The van der Waals surface area contributed by atoms with Gasteiger partial charge in [0.05, 0.1) is 7.11 Å². The molecular weight excluding hydrogens is 416 g/mol. The minimum absolute atomic E-state index is 0.0397. The number of anilines is 1. The second-order valence-electron chi connectivity index (χ2n) is 9.23. The van der Waals surface area contributed by atoms with Crippen molar-refractivity contribution < 1.29 is 19.1 Å². The standard InChI is InChI=1S/C27H28N2O4/c1-27(2,3)26(32)28(19-11-7-12-20(17-19)33-4)15-8-16-29-24(30)21-13-5-9-18-10-6-14-22(23(18)21)25(29)31/h5-7,9-14,17H,8,15-16H2,1-4H3. The van der Waals surface area contributed by atoms with Crippen LogP contribution in [0.15, 0.2) is 60.7 Å². The second-order valence-corrected chi connectivity index (χ2v) is 9.23. The van der Waals surface area contributed by atoms with Crippen LogP contribution >= 0.6 is 0 Å². The monoisotopic (exact) mass is 444 g/mol. The number of rotatable bonds is 6. The van der Waals surface area contributed by atoms with Crippen molar-refractivity contribution in [2.75, 3.05) is 25.1 Å². The normalized spacial score (nSPS) is 13.4. The van der Waals surface area contributed by atoms with Gasteiger partial charge in [-0.2, -0.15) is 0 Å². The molecule has 6 heteroatoms. The highest BCUT2D eigenvalue weighted by atomic mass is 16.5. The van der Waals surface area contributed by atoms with Crippen LogP contribution in [-0.2, 0) is 4.79 Å². The van der Waals surface area contributed by atoms with Crippen LogP contribution in [0.4, 0.5) is 5.69 Å². The highest BCUT2D eigenvalue weighted by Gasteiger charge is 2.33. The Bertz CT molecular complexity index is 1190. The number of ether oxygens (including phenoxy) is 1. The molecular formula is C27H28N2O4. The Kier molecular flexibility index (Phi) is 5.93. The van der Waals surface area contributed by atoms with Crippen molar-refractivity contribution in [3.05, 3.63) is 71.8 Å². The molecule has 33 heavy (non-hydrogen) atoms. The molecule has 0 fully saturated rings. The van der Waals surface area contributed by atoms with E-state index in [1.54, 1.807) is 24.1 Å². The maximum Gasteiger partial charge on any atom is 0.261 e. The minimum Gasteiger partial charge on any atom is -0.497 e. The number of carbonyl (C=O) groups is 3. The molecule has 0 aliphatic carbocycles. The molecule has 3 aromatic carbocycles. The van der Waals surface area contributed by atoms with Gasteiger partial charge in [-0.3, -0.25) is 19.3 Å². The quantitative estimate of drug-likeness (QED) is 0.507. The van der Waals surface area contributed by atoms with E-state index >= 15 is 0 Å². The first-order chi connectivity index (χ1) is 15.7. The lowest BCUT2D eigenvalue weighted by atomic mass is 9.93. The van der Waals surface area contributed by atoms with Crippen molar-refractivity contribution in [2.45, 2.75) is 27.2 Å². The number of benzene rings is 3. The summed E-state index contributed by atoms with van der Waals surface area (Å²) < 4.78 is 5.32. The molecule has 4 rings (SSSR count). The molecule has 0 bridgehead atoms. The Morgan fingerprint density at radius 1 is 0.939 bits per heavy atom. The third-order valence-electron chi connectivity index (χ3n) is 5.87. The van der Waals surface area contributed by atoms with Crippen molar-refractivity contribution in [3.63, 3.8) is 0 Å². The van der Waals surface area contributed by atoms with Crippen LogP contribution in [0, 0.1) is 5.41 Å². The molecule has 6 nitrogen and oxygen atoms in total. The summed E-state index contributed by atoms with van der Waals surface area (Å²) in [5.41, 5.74) is 1.21.